The summed E-state index contributed by atoms with van der Waals surface area (Å²) in [4.78, 5) is 12.0. The molecule has 1 atom stereocenters. The molecule has 2 aromatic rings. The number of para-hydroxylation sites is 1. The van der Waals surface area contributed by atoms with Gasteiger partial charge in [-0.1, -0.05) is 35.3 Å². The molecular weight excluding hydrogens is 388 g/mol. The van der Waals surface area contributed by atoms with E-state index in [4.69, 9.17) is 40.2 Å². The molecule has 5 nitrogen and oxygen atoms in total. The first-order valence-corrected chi connectivity index (χ1v) is 8.25. The van der Waals surface area contributed by atoms with Crippen LogP contribution in [0.25, 0.3) is 0 Å². The molecule has 3 N–H and O–H groups in total. The second-order valence-electron chi connectivity index (χ2n) is 4.92. The van der Waals surface area contributed by atoms with Crippen LogP contribution >= 0.6 is 35.4 Å². The highest BCUT2D eigenvalue weighted by Gasteiger charge is 2.16. The third kappa shape index (κ3) is 6.04. The Morgan fingerprint density at radius 2 is 1.80 bits per heavy atom. The first kappa shape index (κ1) is 19.2. The normalized spacial score (nSPS) is 11.4. The number of thiocarbonyl (C=S) groups is 1. The van der Waals surface area contributed by atoms with Gasteiger partial charge in [-0.15, -0.1) is 0 Å². The second kappa shape index (κ2) is 8.84. The van der Waals surface area contributed by atoms with Crippen LogP contribution in [0.1, 0.15) is 6.92 Å². The smallest absolute Gasteiger partial charge is 0.279 e. The number of hydrogen-bond acceptors (Lipinski definition) is 3. The van der Waals surface area contributed by atoms with Crippen molar-refractivity contribution in [3.05, 3.63) is 58.3 Å². The van der Waals surface area contributed by atoms with Crippen LogP contribution in [0.5, 0.6) is 5.75 Å². The summed E-state index contributed by atoms with van der Waals surface area (Å²) in [5.41, 5.74) is 5.43. The molecule has 0 saturated heterocycles. The van der Waals surface area contributed by atoms with Gasteiger partial charge in [0.25, 0.3) is 5.91 Å². The Balaban J connectivity index is 1.84. The largest absolute Gasteiger partial charge is 0.478 e. The van der Waals surface area contributed by atoms with E-state index in [2.05, 4.69) is 16.2 Å². The van der Waals surface area contributed by atoms with Gasteiger partial charge in [-0.3, -0.25) is 15.6 Å². The maximum atomic E-state index is 13.5. The fourth-order valence-electron chi connectivity index (χ4n) is 1.79. The molecule has 132 valence electrons. The van der Waals surface area contributed by atoms with Crippen molar-refractivity contribution in [2.24, 2.45) is 0 Å². The molecule has 0 saturated carbocycles. The molecule has 25 heavy (non-hydrogen) atoms. The molecule has 0 aliphatic rings. The molecule has 2 rings (SSSR count). The molecule has 1 amide bonds. The van der Waals surface area contributed by atoms with Crippen LogP contribution < -0.4 is 20.9 Å². The highest BCUT2D eigenvalue weighted by molar-refractivity contribution is 7.80. The Kier molecular flexibility index (Phi) is 6.81. The van der Waals surface area contributed by atoms with E-state index >= 15 is 0 Å². The van der Waals surface area contributed by atoms with Gasteiger partial charge >= 0.3 is 0 Å². The summed E-state index contributed by atoms with van der Waals surface area (Å²) in [6.07, 6.45) is -0.937. The van der Waals surface area contributed by atoms with Crippen LogP contribution in [0.2, 0.25) is 10.0 Å². The highest BCUT2D eigenvalue weighted by atomic mass is 35.5. The van der Waals surface area contributed by atoms with Crippen molar-refractivity contribution in [1.82, 2.24) is 10.9 Å². The lowest BCUT2D eigenvalue weighted by Gasteiger charge is -2.17. The number of carbonyl (C=O) groups is 1. The number of ether oxygens (including phenoxy) is 1. The summed E-state index contributed by atoms with van der Waals surface area (Å²) in [6.45, 7) is 1.48. The van der Waals surface area contributed by atoms with Crippen molar-refractivity contribution in [1.29, 1.82) is 0 Å². The third-order valence-corrected chi connectivity index (χ3v) is 3.57. The number of benzene rings is 2. The quantitative estimate of drug-likeness (QED) is 0.535. The first-order chi connectivity index (χ1) is 11.8. The average molecular weight is 402 g/mol. The third-order valence-electron chi connectivity index (χ3n) is 2.93. The number of amides is 1. The molecule has 0 spiro atoms. The highest BCUT2D eigenvalue weighted by Crippen LogP contribution is 2.22. The van der Waals surface area contributed by atoms with E-state index in [9.17, 15) is 9.18 Å². The zero-order valence-electron chi connectivity index (χ0n) is 13.0. The van der Waals surface area contributed by atoms with Gasteiger partial charge in [-0.05, 0) is 49.5 Å². The van der Waals surface area contributed by atoms with Gasteiger partial charge in [0, 0.05) is 15.7 Å². The maximum Gasteiger partial charge on any atom is 0.279 e. The molecule has 0 aliphatic heterocycles. The van der Waals surface area contributed by atoms with Crippen LogP contribution in [0.15, 0.2) is 42.5 Å². The summed E-state index contributed by atoms with van der Waals surface area (Å²) in [6, 6.07) is 10.6. The van der Waals surface area contributed by atoms with Crippen LogP contribution in [0.4, 0.5) is 10.1 Å². The molecule has 0 fully saturated rings. The van der Waals surface area contributed by atoms with Crippen molar-refractivity contribution >= 4 is 52.1 Å². The number of hydrazine groups is 1. The van der Waals surface area contributed by atoms with E-state index in [0.29, 0.717) is 15.7 Å². The van der Waals surface area contributed by atoms with Crippen LogP contribution in [0.3, 0.4) is 0 Å². The summed E-state index contributed by atoms with van der Waals surface area (Å²) >= 11 is 16.8. The minimum Gasteiger partial charge on any atom is -0.478 e. The molecule has 0 bridgehead atoms. The lowest BCUT2D eigenvalue weighted by Crippen LogP contribution is -2.48. The Hall–Kier alpha value is -2.09. The zero-order valence-corrected chi connectivity index (χ0v) is 15.3. The number of hydrogen-bond donors (Lipinski definition) is 3. The average Bonchev–Trinajstić information content (AvgIpc) is 2.53. The van der Waals surface area contributed by atoms with Gasteiger partial charge < -0.3 is 10.1 Å². The monoisotopic (exact) mass is 401 g/mol. The number of anilines is 1. The molecule has 9 heteroatoms. The van der Waals surface area contributed by atoms with Crippen LogP contribution in [-0.4, -0.2) is 17.1 Å². The summed E-state index contributed by atoms with van der Waals surface area (Å²) in [7, 11) is 0. The standard InChI is InChI=1S/C16H14Cl2FN3O2S/c1-9(24-14-5-3-2-4-13(14)19)15(23)21-22-16(25)20-12-7-10(17)6-11(18)8-12/h2-9H,1H3,(H,21,23)(H2,20,22,25)/t9-/m1/s1. The van der Waals surface area contributed by atoms with Crippen molar-refractivity contribution in [3.8, 4) is 5.75 Å². The van der Waals surface area contributed by atoms with E-state index in [1.807, 2.05) is 0 Å². The van der Waals surface area contributed by atoms with Gasteiger partial charge in [0.15, 0.2) is 22.8 Å². The molecule has 2 aromatic carbocycles. The molecule has 0 heterocycles. The summed E-state index contributed by atoms with van der Waals surface area (Å²) in [5, 5.41) is 3.81. The van der Waals surface area contributed by atoms with E-state index in [1.165, 1.54) is 25.1 Å². The predicted molar refractivity (Wildman–Crippen MR) is 100 cm³/mol. The predicted octanol–water partition coefficient (Wildman–Crippen LogP) is 3.92. The molecule has 0 unspecified atom stereocenters. The van der Waals surface area contributed by atoms with Gasteiger partial charge in [-0.25, -0.2) is 4.39 Å². The fraction of sp³-hybridized carbons (Fsp3) is 0.125. The van der Waals surface area contributed by atoms with Gasteiger partial charge in [0.1, 0.15) is 0 Å². The van der Waals surface area contributed by atoms with E-state index in [-0.39, 0.29) is 10.9 Å². The Bertz CT molecular complexity index is 771. The zero-order chi connectivity index (χ0) is 18.4. The Morgan fingerprint density at radius 3 is 2.44 bits per heavy atom. The minimum absolute atomic E-state index is 0.0144. The summed E-state index contributed by atoms with van der Waals surface area (Å²) in [5.74, 6) is -1.10. The second-order valence-corrected chi connectivity index (χ2v) is 6.20. The molecule has 0 aromatic heterocycles. The van der Waals surface area contributed by atoms with Crippen molar-refractivity contribution in [2.75, 3.05) is 5.32 Å². The van der Waals surface area contributed by atoms with Crippen molar-refractivity contribution in [2.45, 2.75) is 13.0 Å². The summed E-state index contributed by atoms with van der Waals surface area (Å²) < 4.78 is 18.8. The number of nitrogens with one attached hydrogen (secondary N) is 3. The minimum atomic E-state index is -0.937. The van der Waals surface area contributed by atoms with Gasteiger partial charge in [0.05, 0.1) is 0 Å². The Labute approximate surface area is 159 Å². The van der Waals surface area contributed by atoms with E-state index in [0.717, 1.165) is 0 Å². The topological polar surface area (TPSA) is 62.4 Å². The number of halogens is 3. The van der Waals surface area contributed by atoms with Crippen molar-refractivity contribution < 1.29 is 13.9 Å². The number of rotatable bonds is 4. The van der Waals surface area contributed by atoms with Gasteiger partial charge in [-0.2, -0.15) is 0 Å². The molecular formula is C16H14Cl2FN3O2S. The Morgan fingerprint density at radius 1 is 1.16 bits per heavy atom. The first-order valence-electron chi connectivity index (χ1n) is 7.09. The molecule has 0 aliphatic carbocycles. The lowest BCUT2D eigenvalue weighted by atomic mass is 10.3. The van der Waals surface area contributed by atoms with Crippen molar-refractivity contribution in [3.63, 3.8) is 0 Å². The van der Waals surface area contributed by atoms with Crippen LogP contribution in [0, 0.1) is 5.82 Å². The lowest BCUT2D eigenvalue weighted by molar-refractivity contribution is -0.127. The SMILES string of the molecule is C[C@@H](Oc1ccccc1F)C(=O)NNC(=S)Nc1cc(Cl)cc(Cl)c1. The van der Waals surface area contributed by atoms with E-state index in [1.54, 1.807) is 24.3 Å². The molecule has 0 radical (unpaired) electrons. The van der Waals surface area contributed by atoms with E-state index < -0.39 is 17.8 Å². The number of carbonyl (C=O) groups excluding carboxylic acids is 1. The van der Waals surface area contributed by atoms with Gasteiger partial charge in [0.2, 0.25) is 0 Å². The van der Waals surface area contributed by atoms with Crippen LogP contribution in [-0.2, 0) is 4.79 Å². The maximum absolute atomic E-state index is 13.5. The fourth-order valence-corrected chi connectivity index (χ4v) is 2.49.